The minimum absolute atomic E-state index is 0.195. The molecule has 0 heterocycles. The molecule has 1 aliphatic carbocycles. The standard InChI is InChI=1S/C13H16O3/c14-9-1-2-10-3-5-11(6-4-10)13(7-8-13)12(15)16/h3-6,14H,1-2,7-9H2,(H,15,16). The number of aliphatic carboxylic acids is 1. The molecule has 16 heavy (non-hydrogen) atoms. The molecule has 0 spiro atoms. The number of rotatable bonds is 5. The van der Waals surface area contributed by atoms with Gasteiger partial charge in [0, 0.05) is 6.61 Å². The molecule has 2 N–H and O–H groups in total. The molecular formula is C13H16O3. The first-order valence-electron chi connectivity index (χ1n) is 5.63. The second-order valence-electron chi connectivity index (χ2n) is 4.41. The highest BCUT2D eigenvalue weighted by atomic mass is 16.4. The van der Waals surface area contributed by atoms with Crippen LogP contribution in [0.4, 0.5) is 0 Å². The number of carboxylic acid groups (broad SMARTS) is 1. The fourth-order valence-electron chi connectivity index (χ4n) is 2.02. The first kappa shape index (κ1) is 11.1. The summed E-state index contributed by atoms with van der Waals surface area (Å²) in [5.74, 6) is -0.712. The van der Waals surface area contributed by atoms with Crippen molar-refractivity contribution >= 4 is 5.97 Å². The lowest BCUT2D eigenvalue weighted by Gasteiger charge is -2.10. The third-order valence-electron chi connectivity index (χ3n) is 3.29. The lowest BCUT2D eigenvalue weighted by Crippen LogP contribution is -2.19. The van der Waals surface area contributed by atoms with Gasteiger partial charge in [-0.15, -0.1) is 0 Å². The Morgan fingerprint density at radius 2 is 1.88 bits per heavy atom. The van der Waals surface area contributed by atoms with Crippen molar-refractivity contribution in [1.82, 2.24) is 0 Å². The summed E-state index contributed by atoms with van der Waals surface area (Å²) in [6.07, 6.45) is 3.09. The monoisotopic (exact) mass is 220 g/mol. The summed E-state index contributed by atoms with van der Waals surface area (Å²) in [7, 11) is 0. The number of carbonyl (C=O) groups is 1. The molecule has 0 bridgehead atoms. The molecule has 2 rings (SSSR count). The topological polar surface area (TPSA) is 57.5 Å². The van der Waals surface area contributed by atoms with Gasteiger partial charge in [0.05, 0.1) is 5.41 Å². The number of hydrogen-bond acceptors (Lipinski definition) is 2. The zero-order valence-corrected chi connectivity index (χ0v) is 9.15. The summed E-state index contributed by atoms with van der Waals surface area (Å²) in [5, 5.41) is 17.9. The molecule has 0 atom stereocenters. The van der Waals surface area contributed by atoms with E-state index in [4.69, 9.17) is 10.2 Å². The van der Waals surface area contributed by atoms with Crippen LogP contribution in [-0.4, -0.2) is 22.8 Å². The largest absolute Gasteiger partial charge is 0.481 e. The van der Waals surface area contributed by atoms with Gasteiger partial charge in [-0.05, 0) is 36.8 Å². The maximum atomic E-state index is 11.1. The van der Waals surface area contributed by atoms with Crippen molar-refractivity contribution in [1.29, 1.82) is 0 Å². The van der Waals surface area contributed by atoms with E-state index in [0.29, 0.717) is 0 Å². The summed E-state index contributed by atoms with van der Waals surface area (Å²) in [6.45, 7) is 0.195. The highest BCUT2D eigenvalue weighted by molar-refractivity contribution is 5.84. The molecule has 0 aromatic heterocycles. The van der Waals surface area contributed by atoms with Crippen molar-refractivity contribution < 1.29 is 15.0 Å². The predicted octanol–water partition coefficient (Wildman–Crippen LogP) is 1.73. The van der Waals surface area contributed by atoms with Crippen LogP contribution in [0.25, 0.3) is 0 Å². The Hall–Kier alpha value is -1.35. The van der Waals surface area contributed by atoms with Crippen LogP contribution in [-0.2, 0) is 16.6 Å². The van der Waals surface area contributed by atoms with Crippen LogP contribution in [0.2, 0.25) is 0 Å². The Bertz CT molecular complexity index is 377. The number of aryl methyl sites for hydroxylation is 1. The predicted molar refractivity (Wildman–Crippen MR) is 60.4 cm³/mol. The molecule has 0 saturated heterocycles. The van der Waals surface area contributed by atoms with Crippen molar-refractivity contribution in [2.75, 3.05) is 6.61 Å². The summed E-state index contributed by atoms with van der Waals surface area (Å²) in [6, 6.07) is 7.75. The third-order valence-corrected chi connectivity index (χ3v) is 3.29. The molecule has 3 heteroatoms. The number of aliphatic hydroxyl groups excluding tert-OH is 1. The Morgan fingerprint density at radius 3 is 2.31 bits per heavy atom. The minimum atomic E-state index is -0.712. The highest BCUT2D eigenvalue weighted by Gasteiger charge is 2.51. The summed E-state index contributed by atoms with van der Waals surface area (Å²) in [4.78, 5) is 11.1. The van der Waals surface area contributed by atoms with Crippen LogP contribution >= 0.6 is 0 Å². The van der Waals surface area contributed by atoms with Crippen LogP contribution in [0.3, 0.4) is 0 Å². The van der Waals surface area contributed by atoms with Crippen LogP contribution in [0.1, 0.15) is 30.4 Å². The minimum Gasteiger partial charge on any atom is -0.481 e. The van der Waals surface area contributed by atoms with E-state index in [2.05, 4.69) is 0 Å². The maximum Gasteiger partial charge on any atom is 0.314 e. The molecular weight excluding hydrogens is 204 g/mol. The number of benzene rings is 1. The smallest absolute Gasteiger partial charge is 0.314 e. The highest BCUT2D eigenvalue weighted by Crippen LogP contribution is 2.48. The normalized spacial score (nSPS) is 17.1. The average molecular weight is 220 g/mol. The van der Waals surface area contributed by atoms with E-state index in [1.807, 2.05) is 24.3 Å². The molecule has 0 radical (unpaired) electrons. The molecule has 0 unspecified atom stereocenters. The molecule has 1 aromatic rings. The van der Waals surface area contributed by atoms with Gasteiger partial charge < -0.3 is 10.2 Å². The fourth-order valence-corrected chi connectivity index (χ4v) is 2.02. The molecule has 3 nitrogen and oxygen atoms in total. The number of hydrogen-bond donors (Lipinski definition) is 2. The van der Waals surface area contributed by atoms with Crippen molar-refractivity contribution in [2.24, 2.45) is 0 Å². The molecule has 1 aromatic carbocycles. The van der Waals surface area contributed by atoms with Gasteiger partial charge in [0.2, 0.25) is 0 Å². The van der Waals surface area contributed by atoms with E-state index in [9.17, 15) is 4.79 Å². The number of aliphatic hydroxyl groups is 1. The van der Waals surface area contributed by atoms with Gasteiger partial charge in [-0.1, -0.05) is 24.3 Å². The van der Waals surface area contributed by atoms with Gasteiger partial charge in [-0.3, -0.25) is 4.79 Å². The van der Waals surface area contributed by atoms with Crippen molar-refractivity contribution in [3.63, 3.8) is 0 Å². The van der Waals surface area contributed by atoms with Crippen molar-refractivity contribution in [3.8, 4) is 0 Å². The summed E-state index contributed by atoms with van der Waals surface area (Å²) < 4.78 is 0. The Kier molecular flexibility index (Phi) is 2.97. The van der Waals surface area contributed by atoms with E-state index in [1.54, 1.807) is 0 Å². The van der Waals surface area contributed by atoms with E-state index in [0.717, 1.165) is 36.8 Å². The molecule has 1 saturated carbocycles. The van der Waals surface area contributed by atoms with Gasteiger partial charge in [-0.2, -0.15) is 0 Å². The van der Waals surface area contributed by atoms with E-state index < -0.39 is 11.4 Å². The number of carboxylic acids is 1. The second kappa shape index (κ2) is 4.26. The quantitative estimate of drug-likeness (QED) is 0.794. The van der Waals surface area contributed by atoms with Gasteiger partial charge in [0.25, 0.3) is 0 Å². The molecule has 86 valence electrons. The van der Waals surface area contributed by atoms with E-state index >= 15 is 0 Å². The summed E-state index contributed by atoms with van der Waals surface area (Å²) >= 11 is 0. The fraction of sp³-hybridized carbons (Fsp3) is 0.462. The van der Waals surface area contributed by atoms with Crippen molar-refractivity contribution in [2.45, 2.75) is 31.1 Å². The zero-order chi connectivity index (χ0) is 11.6. The Morgan fingerprint density at radius 1 is 1.25 bits per heavy atom. The van der Waals surface area contributed by atoms with Crippen molar-refractivity contribution in [3.05, 3.63) is 35.4 Å². The van der Waals surface area contributed by atoms with Gasteiger partial charge in [0.15, 0.2) is 0 Å². The molecule has 0 aliphatic heterocycles. The third kappa shape index (κ3) is 1.95. The first-order valence-corrected chi connectivity index (χ1v) is 5.63. The van der Waals surface area contributed by atoms with Crippen LogP contribution in [0, 0.1) is 0 Å². The lowest BCUT2D eigenvalue weighted by atomic mass is 9.94. The maximum absolute atomic E-state index is 11.1. The average Bonchev–Trinajstić information content (AvgIpc) is 3.08. The Labute approximate surface area is 94.7 Å². The van der Waals surface area contributed by atoms with E-state index in [1.165, 1.54) is 0 Å². The van der Waals surface area contributed by atoms with Gasteiger partial charge >= 0.3 is 5.97 Å². The van der Waals surface area contributed by atoms with Gasteiger partial charge in [0.1, 0.15) is 0 Å². The zero-order valence-electron chi connectivity index (χ0n) is 9.15. The molecule has 1 fully saturated rings. The van der Waals surface area contributed by atoms with Crippen LogP contribution in [0.5, 0.6) is 0 Å². The first-order chi connectivity index (χ1) is 7.69. The van der Waals surface area contributed by atoms with Gasteiger partial charge in [-0.25, -0.2) is 0 Å². The summed E-state index contributed by atoms with van der Waals surface area (Å²) in [5.41, 5.74) is 1.46. The SMILES string of the molecule is O=C(O)C1(c2ccc(CCCO)cc2)CC1. The molecule has 0 amide bonds. The van der Waals surface area contributed by atoms with Crippen LogP contribution in [0.15, 0.2) is 24.3 Å². The van der Waals surface area contributed by atoms with Crippen LogP contribution < -0.4 is 0 Å². The van der Waals surface area contributed by atoms with E-state index in [-0.39, 0.29) is 6.61 Å². The molecule has 1 aliphatic rings. The Balaban J connectivity index is 2.11. The second-order valence-corrected chi connectivity index (χ2v) is 4.41. The lowest BCUT2D eigenvalue weighted by molar-refractivity contribution is -0.140.